The van der Waals surface area contributed by atoms with Crippen LogP contribution in [0.25, 0.3) is 0 Å². The summed E-state index contributed by atoms with van der Waals surface area (Å²) in [5.74, 6) is 0.898. The van der Waals surface area contributed by atoms with E-state index in [-0.39, 0.29) is 16.2 Å². The fraction of sp³-hybridized carbons (Fsp3) is 0.480. The minimum Gasteiger partial charge on any atom is -0.261 e. The smallest absolute Gasteiger partial charge is 0.133 e. The molecule has 5 heteroatoms. The van der Waals surface area contributed by atoms with Crippen LogP contribution in [0.15, 0.2) is 61.6 Å². The predicted molar refractivity (Wildman–Crippen MR) is 124 cm³/mol. The summed E-state index contributed by atoms with van der Waals surface area (Å²) in [6.45, 7) is 19.2. The minimum atomic E-state index is 0.0707. The molecule has 162 valence electrons. The Hall–Kier alpha value is -2.69. The molecule has 3 rings (SSSR count). The van der Waals surface area contributed by atoms with Gasteiger partial charge in [0.1, 0.15) is 12.2 Å². The van der Waals surface area contributed by atoms with Crippen molar-refractivity contribution < 1.29 is 0 Å². The molecular weight excluding hydrogens is 370 g/mol. The standard InChI is InChI=1S/C9H13N.2C8H12N2/c1-9(2,3)8-6-4-5-7-10-8;1-8(2,3)7-4-9-6-10-5-7;1-8(2,3)7-9-5-4-6-10-7/h4-7H,1-3H3;2*4-6H,1-3H3. The number of aromatic nitrogens is 5. The Morgan fingerprint density at radius 2 is 1.10 bits per heavy atom. The van der Waals surface area contributed by atoms with Crippen LogP contribution < -0.4 is 0 Å². The van der Waals surface area contributed by atoms with E-state index in [2.05, 4.69) is 93.3 Å². The average Bonchev–Trinajstić information content (AvgIpc) is 2.69. The Bertz CT molecular complexity index is 710. The lowest BCUT2D eigenvalue weighted by atomic mass is 9.89. The summed E-state index contributed by atoms with van der Waals surface area (Å²) in [6, 6.07) is 7.85. The molecule has 0 radical (unpaired) electrons. The zero-order valence-corrected chi connectivity index (χ0v) is 20.0. The van der Waals surface area contributed by atoms with E-state index in [1.807, 2.05) is 36.8 Å². The molecular formula is C25H37N5. The number of rotatable bonds is 0. The van der Waals surface area contributed by atoms with Gasteiger partial charge in [-0.3, -0.25) is 4.98 Å². The highest BCUT2D eigenvalue weighted by atomic mass is 14.9. The second-order valence-electron chi connectivity index (χ2n) is 10.2. The fourth-order valence-electron chi connectivity index (χ4n) is 2.18. The fourth-order valence-corrected chi connectivity index (χ4v) is 2.18. The van der Waals surface area contributed by atoms with E-state index in [9.17, 15) is 0 Å². The molecule has 0 aliphatic carbocycles. The van der Waals surface area contributed by atoms with E-state index in [0.29, 0.717) is 0 Å². The topological polar surface area (TPSA) is 64.5 Å². The molecule has 30 heavy (non-hydrogen) atoms. The van der Waals surface area contributed by atoms with Gasteiger partial charge in [0, 0.05) is 47.5 Å². The Kier molecular flexibility index (Phi) is 9.22. The maximum absolute atomic E-state index is 4.25. The van der Waals surface area contributed by atoms with Crippen LogP contribution in [0, 0.1) is 0 Å². The van der Waals surface area contributed by atoms with Crippen molar-refractivity contribution in [2.75, 3.05) is 0 Å². The van der Waals surface area contributed by atoms with Gasteiger partial charge in [-0.2, -0.15) is 0 Å². The van der Waals surface area contributed by atoms with E-state index >= 15 is 0 Å². The van der Waals surface area contributed by atoms with E-state index in [1.54, 1.807) is 18.7 Å². The van der Waals surface area contributed by atoms with E-state index in [4.69, 9.17) is 0 Å². The van der Waals surface area contributed by atoms with Gasteiger partial charge in [0.05, 0.1) is 0 Å². The monoisotopic (exact) mass is 407 g/mol. The highest BCUT2D eigenvalue weighted by molar-refractivity contribution is 5.14. The maximum Gasteiger partial charge on any atom is 0.133 e. The quantitative estimate of drug-likeness (QED) is 0.462. The van der Waals surface area contributed by atoms with Crippen molar-refractivity contribution in [3.63, 3.8) is 0 Å². The first-order chi connectivity index (χ1) is 13.8. The van der Waals surface area contributed by atoms with E-state index in [1.165, 1.54) is 5.56 Å². The Balaban J connectivity index is 0.000000225. The normalized spacial score (nSPS) is 11.5. The first-order valence-electron chi connectivity index (χ1n) is 10.3. The summed E-state index contributed by atoms with van der Waals surface area (Å²) in [6.07, 6.45) is 10.6. The molecule has 3 aromatic rings. The summed E-state index contributed by atoms with van der Waals surface area (Å²) < 4.78 is 0. The lowest BCUT2D eigenvalue weighted by Crippen LogP contribution is -2.14. The van der Waals surface area contributed by atoms with Gasteiger partial charge in [0.15, 0.2) is 0 Å². The molecule has 0 unspecified atom stereocenters. The number of nitrogens with zero attached hydrogens (tertiary/aromatic N) is 5. The molecule has 3 heterocycles. The van der Waals surface area contributed by atoms with E-state index in [0.717, 1.165) is 11.5 Å². The number of hydrogen-bond donors (Lipinski definition) is 0. The number of pyridine rings is 1. The van der Waals surface area contributed by atoms with Gasteiger partial charge in [-0.05, 0) is 29.2 Å². The SMILES string of the molecule is CC(C)(C)c1ccccn1.CC(C)(C)c1cncnc1.CC(C)(C)c1ncccn1. The van der Waals surface area contributed by atoms with E-state index < -0.39 is 0 Å². The average molecular weight is 408 g/mol. The summed E-state index contributed by atoms with van der Waals surface area (Å²) in [4.78, 5) is 20.4. The second kappa shape index (κ2) is 10.9. The maximum atomic E-state index is 4.25. The van der Waals surface area contributed by atoms with Crippen LogP contribution in [-0.2, 0) is 16.2 Å². The summed E-state index contributed by atoms with van der Waals surface area (Å²) in [5.41, 5.74) is 2.74. The highest BCUT2D eigenvalue weighted by Crippen LogP contribution is 2.19. The largest absolute Gasteiger partial charge is 0.261 e. The molecule has 5 nitrogen and oxygen atoms in total. The molecule has 3 aromatic heterocycles. The van der Waals surface area contributed by atoms with Gasteiger partial charge in [-0.15, -0.1) is 0 Å². The van der Waals surface area contributed by atoms with Crippen LogP contribution >= 0.6 is 0 Å². The molecule has 0 bridgehead atoms. The predicted octanol–water partition coefficient (Wildman–Crippen LogP) is 5.93. The third-order valence-corrected chi connectivity index (χ3v) is 4.10. The third kappa shape index (κ3) is 9.68. The second-order valence-corrected chi connectivity index (χ2v) is 10.2. The van der Waals surface area contributed by atoms with Crippen LogP contribution in [0.3, 0.4) is 0 Å². The van der Waals surface area contributed by atoms with Crippen molar-refractivity contribution in [2.24, 2.45) is 0 Å². The number of hydrogen-bond acceptors (Lipinski definition) is 5. The lowest BCUT2D eigenvalue weighted by Gasteiger charge is -2.16. The zero-order chi connectivity index (χ0) is 22.8. The van der Waals surface area contributed by atoms with Crippen LogP contribution in [0.1, 0.15) is 79.4 Å². The van der Waals surface area contributed by atoms with Gasteiger partial charge in [-0.1, -0.05) is 68.4 Å². The van der Waals surface area contributed by atoms with Crippen molar-refractivity contribution in [3.8, 4) is 0 Å². The molecule has 0 atom stereocenters. The first kappa shape index (κ1) is 25.3. The minimum absolute atomic E-state index is 0.0707. The Morgan fingerprint density at radius 1 is 0.567 bits per heavy atom. The molecule has 0 spiro atoms. The third-order valence-electron chi connectivity index (χ3n) is 4.10. The zero-order valence-electron chi connectivity index (χ0n) is 20.0. The first-order valence-corrected chi connectivity index (χ1v) is 10.3. The molecule has 0 amide bonds. The van der Waals surface area contributed by atoms with Gasteiger partial charge >= 0.3 is 0 Å². The van der Waals surface area contributed by atoms with Crippen molar-refractivity contribution in [1.29, 1.82) is 0 Å². The van der Waals surface area contributed by atoms with Crippen molar-refractivity contribution >= 4 is 0 Å². The molecule has 0 saturated carbocycles. The molecule has 0 fully saturated rings. The van der Waals surface area contributed by atoms with Gasteiger partial charge < -0.3 is 0 Å². The van der Waals surface area contributed by atoms with Gasteiger partial charge in [0.25, 0.3) is 0 Å². The summed E-state index contributed by atoms with van der Waals surface area (Å²) >= 11 is 0. The molecule has 0 saturated heterocycles. The van der Waals surface area contributed by atoms with Crippen LogP contribution in [0.4, 0.5) is 0 Å². The van der Waals surface area contributed by atoms with Gasteiger partial charge in [-0.25, -0.2) is 19.9 Å². The summed E-state index contributed by atoms with van der Waals surface area (Å²) in [5, 5.41) is 0. The molecule has 0 aliphatic rings. The molecule has 0 aromatic carbocycles. The van der Waals surface area contributed by atoms with Crippen molar-refractivity contribution in [2.45, 2.75) is 78.6 Å². The van der Waals surface area contributed by atoms with Crippen LogP contribution in [-0.4, -0.2) is 24.9 Å². The van der Waals surface area contributed by atoms with Crippen molar-refractivity contribution in [3.05, 3.63) is 78.7 Å². The van der Waals surface area contributed by atoms with Crippen LogP contribution in [0.2, 0.25) is 0 Å². The molecule has 0 N–H and O–H groups in total. The molecule has 0 aliphatic heterocycles. The van der Waals surface area contributed by atoms with Crippen molar-refractivity contribution in [1.82, 2.24) is 24.9 Å². The Morgan fingerprint density at radius 3 is 1.40 bits per heavy atom. The Labute approximate surface area is 182 Å². The van der Waals surface area contributed by atoms with Crippen LogP contribution in [0.5, 0.6) is 0 Å². The summed E-state index contributed by atoms with van der Waals surface area (Å²) in [7, 11) is 0. The highest BCUT2D eigenvalue weighted by Gasteiger charge is 2.15. The van der Waals surface area contributed by atoms with Gasteiger partial charge in [0.2, 0.25) is 0 Å². The lowest BCUT2D eigenvalue weighted by molar-refractivity contribution is 0.545.